The molecule has 5 rings (SSSR count). The molecular formula is C23H29NO4S. The van der Waals surface area contributed by atoms with Crippen LogP contribution in [-0.2, 0) is 26.5 Å². The second-order valence-corrected chi connectivity index (χ2v) is 8.56. The van der Waals surface area contributed by atoms with Crippen molar-refractivity contribution >= 4 is 23.5 Å². The first-order valence-corrected chi connectivity index (χ1v) is 11.3. The molecule has 0 radical (unpaired) electrons. The standard InChI is InChI=1S/C17H19NO3S.C6H10O/c1-13(19)18-17(22-12-15-8-5-11-21-15)16(20)10-9-14-6-3-2-4-7-14;1-2-5-4-6(3-1)7-5/h2-8,11,17H,9-10,12H2,1H3,(H,18,19);5-6H,1-4H2/t17-;/m0./s1. The van der Waals surface area contributed by atoms with E-state index < -0.39 is 5.37 Å². The normalized spacial score (nSPS) is 20.6. The number of rotatable bonds is 8. The van der Waals surface area contributed by atoms with Crippen molar-refractivity contribution in [1.29, 1.82) is 0 Å². The maximum atomic E-state index is 12.3. The van der Waals surface area contributed by atoms with Crippen LogP contribution in [0.1, 0.15) is 50.4 Å². The van der Waals surface area contributed by atoms with E-state index in [9.17, 15) is 9.59 Å². The number of nitrogens with one attached hydrogen (secondary N) is 1. The molecule has 1 aliphatic carbocycles. The van der Waals surface area contributed by atoms with Crippen LogP contribution in [-0.4, -0.2) is 29.3 Å². The van der Waals surface area contributed by atoms with Gasteiger partial charge in [-0.05, 0) is 49.8 Å². The van der Waals surface area contributed by atoms with Gasteiger partial charge in [0.2, 0.25) is 5.91 Å². The Morgan fingerprint density at radius 3 is 2.38 bits per heavy atom. The summed E-state index contributed by atoms with van der Waals surface area (Å²) in [4.78, 5) is 23.6. The molecule has 2 bridgehead atoms. The molecular weight excluding hydrogens is 386 g/mol. The lowest BCUT2D eigenvalue weighted by Gasteiger charge is -2.41. The number of amides is 1. The van der Waals surface area contributed by atoms with Gasteiger partial charge in [0.1, 0.15) is 11.1 Å². The lowest BCUT2D eigenvalue weighted by molar-refractivity contribution is -0.155. The van der Waals surface area contributed by atoms with Gasteiger partial charge in [0.25, 0.3) is 0 Å². The first-order chi connectivity index (χ1) is 14.1. The fraction of sp³-hybridized carbons (Fsp3) is 0.478. The van der Waals surface area contributed by atoms with E-state index in [1.54, 1.807) is 12.3 Å². The number of Topliss-reactive ketones (excluding diaryl/α,β-unsaturated/α-hetero) is 1. The predicted octanol–water partition coefficient (Wildman–Crippen LogP) is 4.50. The number of thioether (sulfide) groups is 1. The highest BCUT2D eigenvalue weighted by molar-refractivity contribution is 7.99. The maximum Gasteiger partial charge on any atom is 0.218 e. The number of fused-ring (bicyclic) bond motifs is 2. The lowest BCUT2D eigenvalue weighted by atomic mass is 9.89. The molecule has 3 atom stereocenters. The third-order valence-corrected chi connectivity index (χ3v) is 6.23. The number of carbonyl (C=O) groups excluding carboxylic acids is 2. The summed E-state index contributed by atoms with van der Waals surface area (Å²) in [5, 5.41) is 2.18. The minimum Gasteiger partial charge on any atom is -0.468 e. The average molecular weight is 416 g/mol. The lowest BCUT2D eigenvalue weighted by Crippen LogP contribution is -2.41. The Morgan fingerprint density at radius 1 is 1.14 bits per heavy atom. The van der Waals surface area contributed by atoms with Gasteiger partial charge in [0.15, 0.2) is 5.78 Å². The fourth-order valence-corrected chi connectivity index (χ4v) is 4.55. The molecule has 6 heteroatoms. The van der Waals surface area contributed by atoms with Crippen molar-refractivity contribution in [3.63, 3.8) is 0 Å². The summed E-state index contributed by atoms with van der Waals surface area (Å²) in [6.07, 6.45) is 9.47. The van der Waals surface area contributed by atoms with Gasteiger partial charge in [0, 0.05) is 13.3 Å². The molecule has 29 heavy (non-hydrogen) atoms. The molecule has 5 nitrogen and oxygen atoms in total. The van der Waals surface area contributed by atoms with Gasteiger partial charge in [-0.1, -0.05) is 30.3 Å². The van der Waals surface area contributed by atoms with E-state index in [4.69, 9.17) is 9.15 Å². The summed E-state index contributed by atoms with van der Waals surface area (Å²) >= 11 is 1.38. The third kappa shape index (κ3) is 7.37. The molecule has 1 aromatic carbocycles. The van der Waals surface area contributed by atoms with E-state index in [2.05, 4.69) is 5.32 Å². The molecule has 1 saturated carbocycles. The van der Waals surface area contributed by atoms with Gasteiger partial charge < -0.3 is 14.5 Å². The zero-order valence-electron chi connectivity index (χ0n) is 16.8. The summed E-state index contributed by atoms with van der Waals surface area (Å²) in [5.74, 6) is 1.16. The number of hydrogen-bond donors (Lipinski definition) is 1. The second kappa shape index (κ2) is 11.2. The number of aryl methyl sites for hydroxylation is 1. The highest BCUT2D eigenvalue weighted by Crippen LogP contribution is 2.33. The Hall–Kier alpha value is -2.05. The smallest absolute Gasteiger partial charge is 0.218 e. The van der Waals surface area contributed by atoms with Gasteiger partial charge in [-0.2, -0.15) is 0 Å². The van der Waals surface area contributed by atoms with Crippen LogP contribution < -0.4 is 5.32 Å². The molecule has 2 saturated heterocycles. The summed E-state index contributed by atoms with van der Waals surface area (Å²) in [6, 6.07) is 13.5. The Balaban J connectivity index is 0.000000283. The number of carbonyl (C=O) groups is 2. The first kappa shape index (κ1) is 21.7. The SMILES string of the molecule is C1CC2CC(C1)O2.CC(=O)N[C@@H](SCc1ccco1)C(=O)CCc1ccccc1. The van der Waals surface area contributed by atoms with E-state index in [1.807, 2.05) is 36.4 Å². The quantitative estimate of drug-likeness (QED) is 0.643. The second-order valence-electron chi connectivity index (χ2n) is 7.47. The van der Waals surface area contributed by atoms with Crippen molar-refractivity contribution in [1.82, 2.24) is 5.32 Å². The van der Waals surface area contributed by atoms with E-state index in [0.29, 0.717) is 30.8 Å². The van der Waals surface area contributed by atoms with Crippen LogP contribution in [0.3, 0.4) is 0 Å². The molecule has 1 aromatic heterocycles. The minimum atomic E-state index is -0.536. The van der Waals surface area contributed by atoms with Crippen molar-refractivity contribution in [2.24, 2.45) is 0 Å². The molecule has 3 aliphatic rings. The first-order valence-electron chi connectivity index (χ1n) is 10.2. The predicted molar refractivity (Wildman–Crippen MR) is 115 cm³/mol. The third-order valence-electron chi connectivity index (χ3n) is 5.06. The molecule has 1 N–H and O–H groups in total. The summed E-state index contributed by atoms with van der Waals surface area (Å²) in [7, 11) is 0. The summed E-state index contributed by atoms with van der Waals surface area (Å²) < 4.78 is 10.6. The van der Waals surface area contributed by atoms with E-state index in [-0.39, 0.29) is 11.7 Å². The highest BCUT2D eigenvalue weighted by Gasteiger charge is 2.33. The molecule has 2 aliphatic heterocycles. The molecule has 1 amide bonds. The molecule has 0 spiro atoms. The van der Waals surface area contributed by atoms with Crippen molar-refractivity contribution < 1.29 is 18.7 Å². The Labute approximate surface area is 176 Å². The molecule has 2 unspecified atom stereocenters. The topological polar surface area (TPSA) is 68.5 Å². The Bertz CT molecular complexity index is 743. The van der Waals surface area contributed by atoms with E-state index in [1.165, 1.54) is 44.4 Å². The van der Waals surface area contributed by atoms with Crippen LogP contribution in [0.5, 0.6) is 0 Å². The molecule has 3 fully saturated rings. The molecule has 156 valence electrons. The van der Waals surface area contributed by atoms with Crippen LogP contribution in [0.4, 0.5) is 0 Å². The van der Waals surface area contributed by atoms with Gasteiger partial charge >= 0.3 is 0 Å². The van der Waals surface area contributed by atoms with Crippen molar-refractivity contribution in [3.05, 3.63) is 60.1 Å². The monoisotopic (exact) mass is 415 g/mol. The largest absolute Gasteiger partial charge is 0.468 e. The maximum absolute atomic E-state index is 12.3. The Kier molecular flexibility index (Phi) is 8.38. The van der Waals surface area contributed by atoms with Gasteiger partial charge in [-0.15, -0.1) is 11.8 Å². The number of benzene rings is 1. The fourth-order valence-electron chi connectivity index (χ4n) is 3.50. The minimum absolute atomic E-state index is 0.0237. The van der Waals surface area contributed by atoms with Crippen molar-refractivity contribution in [3.8, 4) is 0 Å². The van der Waals surface area contributed by atoms with Crippen LogP contribution in [0, 0.1) is 0 Å². The number of ketones is 1. The van der Waals surface area contributed by atoms with Crippen molar-refractivity contribution in [2.45, 2.75) is 68.8 Å². The van der Waals surface area contributed by atoms with Gasteiger partial charge in [0.05, 0.1) is 24.2 Å². The van der Waals surface area contributed by atoms with Crippen LogP contribution in [0.15, 0.2) is 53.1 Å². The zero-order valence-corrected chi connectivity index (χ0v) is 17.7. The molecule has 2 aromatic rings. The van der Waals surface area contributed by atoms with E-state index >= 15 is 0 Å². The van der Waals surface area contributed by atoms with Crippen LogP contribution in [0.25, 0.3) is 0 Å². The van der Waals surface area contributed by atoms with E-state index in [0.717, 1.165) is 11.3 Å². The number of ether oxygens (including phenoxy) is 1. The number of furan rings is 1. The van der Waals surface area contributed by atoms with Crippen molar-refractivity contribution in [2.75, 3.05) is 0 Å². The van der Waals surface area contributed by atoms with Crippen LogP contribution in [0.2, 0.25) is 0 Å². The summed E-state index contributed by atoms with van der Waals surface area (Å²) in [5.41, 5.74) is 1.12. The zero-order chi connectivity index (χ0) is 20.5. The van der Waals surface area contributed by atoms with Gasteiger partial charge in [-0.25, -0.2) is 0 Å². The number of hydrogen-bond acceptors (Lipinski definition) is 5. The van der Waals surface area contributed by atoms with Crippen LogP contribution >= 0.6 is 11.8 Å². The summed E-state index contributed by atoms with van der Waals surface area (Å²) in [6.45, 7) is 1.42. The van der Waals surface area contributed by atoms with Gasteiger partial charge in [-0.3, -0.25) is 9.59 Å². The highest BCUT2D eigenvalue weighted by atomic mass is 32.2. The Morgan fingerprint density at radius 2 is 1.86 bits per heavy atom. The molecule has 3 heterocycles. The average Bonchev–Trinajstić information content (AvgIpc) is 3.24.